The highest BCUT2D eigenvalue weighted by Crippen LogP contribution is 2.39. The SMILES string of the molecule is Cc1ccccc1C(=O)OC[C@H]1C[C@H](OS(=O)(=O)CCl)[C@@H]1COC(=O)c1ccccc1C. The molecule has 1 aliphatic rings. The minimum atomic E-state index is -3.90. The van der Waals surface area contributed by atoms with Gasteiger partial charge in [0.05, 0.1) is 30.4 Å². The molecule has 0 radical (unpaired) electrons. The molecule has 2 aromatic rings. The summed E-state index contributed by atoms with van der Waals surface area (Å²) < 4.78 is 39.6. The molecule has 3 rings (SSSR count). The van der Waals surface area contributed by atoms with Crippen molar-refractivity contribution in [3.05, 3.63) is 70.8 Å². The minimum Gasteiger partial charge on any atom is -0.462 e. The molecular weight excluding hydrogens is 456 g/mol. The maximum atomic E-state index is 12.5. The third kappa shape index (κ3) is 5.88. The molecule has 9 heteroatoms. The first-order chi connectivity index (χ1) is 15.2. The maximum absolute atomic E-state index is 12.5. The third-order valence-corrected chi connectivity index (χ3v) is 7.20. The van der Waals surface area contributed by atoms with Crippen LogP contribution in [-0.2, 0) is 23.8 Å². The van der Waals surface area contributed by atoms with E-state index in [2.05, 4.69) is 0 Å². The van der Waals surface area contributed by atoms with Gasteiger partial charge >= 0.3 is 11.9 Å². The number of aryl methyl sites for hydroxylation is 2. The second kappa shape index (κ2) is 10.5. The minimum absolute atomic E-state index is 0.0561. The molecule has 1 saturated carbocycles. The van der Waals surface area contributed by atoms with E-state index in [0.29, 0.717) is 17.5 Å². The van der Waals surface area contributed by atoms with Crippen molar-refractivity contribution in [3.8, 4) is 0 Å². The lowest BCUT2D eigenvalue weighted by molar-refractivity contribution is -0.0704. The molecule has 172 valence electrons. The summed E-state index contributed by atoms with van der Waals surface area (Å²) in [6, 6.07) is 14.1. The lowest BCUT2D eigenvalue weighted by atomic mass is 9.72. The van der Waals surface area contributed by atoms with Crippen molar-refractivity contribution in [2.45, 2.75) is 26.4 Å². The van der Waals surface area contributed by atoms with E-state index in [1.54, 1.807) is 37.3 Å². The fourth-order valence-corrected chi connectivity index (χ4v) is 4.43. The predicted molar refractivity (Wildman–Crippen MR) is 119 cm³/mol. The monoisotopic (exact) mass is 480 g/mol. The van der Waals surface area contributed by atoms with Gasteiger partial charge in [-0.15, -0.1) is 11.6 Å². The summed E-state index contributed by atoms with van der Waals surface area (Å²) in [5.41, 5.74) is 2.46. The van der Waals surface area contributed by atoms with Crippen molar-refractivity contribution in [2.75, 3.05) is 18.4 Å². The summed E-state index contributed by atoms with van der Waals surface area (Å²) in [5, 5.41) is -0.674. The normalized spacial score (nSPS) is 20.3. The van der Waals surface area contributed by atoms with E-state index >= 15 is 0 Å². The van der Waals surface area contributed by atoms with Crippen molar-refractivity contribution in [1.29, 1.82) is 0 Å². The quantitative estimate of drug-likeness (QED) is 0.305. The zero-order chi connectivity index (χ0) is 23.3. The molecule has 0 bridgehead atoms. The Kier molecular flexibility index (Phi) is 7.92. The van der Waals surface area contributed by atoms with Gasteiger partial charge in [0.25, 0.3) is 10.1 Å². The molecule has 0 amide bonds. The Hall–Kier alpha value is -2.42. The van der Waals surface area contributed by atoms with E-state index < -0.39 is 39.3 Å². The number of benzene rings is 2. The highest BCUT2D eigenvalue weighted by atomic mass is 35.5. The van der Waals surface area contributed by atoms with Crippen molar-refractivity contribution in [3.63, 3.8) is 0 Å². The molecule has 0 aliphatic heterocycles. The van der Waals surface area contributed by atoms with Gasteiger partial charge in [0.15, 0.2) is 0 Å². The van der Waals surface area contributed by atoms with Crippen LogP contribution in [0.25, 0.3) is 0 Å². The number of hydrogen-bond acceptors (Lipinski definition) is 7. The largest absolute Gasteiger partial charge is 0.462 e. The Balaban J connectivity index is 1.64. The van der Waals surface area contributed by atoms with Gasteiger partial charge in [0.1, 0.15) is 5.21 Å². The Morgan fingerprint density at radius 3 is 1.91 bits per heavy atom. The van der Waals surface area contributed by atoms with Gasteiger partial charge in [-0.05, 0) is 43.5 Å². The van der Waals surface area contributed by atoms with Gasteiger partial charge in [0.2, 0.25) is 0 Å². The lowest BCUT2D eigenvalue weighted by Crippen LogP contribution is -2.49. The first-order valence-electron chi connectivity index (χ1n) is 10.1. The van der Waals surface area contributed by atoms with Crippen LogP contribution in [0.4, 0.5) is 0 Å². The Bertz CT molecular complexity index is 1080. The number of alkyl halides is 1. The van der Waals surface area contributed by atoms with Crippen LogP contribution >= 0.6 is 11.6 Å². The van der Waals surface area contributed by atoms with Crippen LogP contribution in [0.2, 0.25) is 0 Å². The summed E-state index contributed by atoms with van der Waals surface area (Å²) in [6.07, 6.45) is -0.366. The molecule has 0 heterocycles. The molecule has 0 saturated heterocycles. The highest BCUT2D eigenvalue weighted by Gasteiger charge is 2.45. The van der Waals surface area contributed by atoms with E-state index in [1.165, 1.54) is 0 Å². The van der Waals surface area contributed by atoms with Gasteiger partial charge in [-0.2, -0.15) is 8.42 Å². The van der Waals surface area contributed by atoms with E-state index in [-0.39, 0.29) is 19.1 Å². The predicted octanol–water partition coefficient (Wildman–Crippen LogP) is 3.86. The number of carbonyl (C=O) groups excluding carboxylic acids is 2. The number of halogens is 1. The molecule has 2 aromatic carbocycles. The molecule has 0 N–H and O–H groups in total. The molecule has 32 heavy (non-hydrogen) atoms. The second-order valence-electron chi connectivity index (χ2n) is 7.79. The third-order valence-electron chi connectivity index (χ3n) is 5.59. The average Bonchev–Trinajstić information content (AvgIpc) is 2.76. The number of hydrogen-bond donors (Lipinski definition) is 0. The highest BCUT2D eigenvalue weighted by molar-refractivity contribution is 7.87. The Labute approximate surface area is 192 Å². The first kappa shape index (κ1) is 24.2. The molecule has 1 aliphatic carbocycles. The van der Waals surface area contributed by atoms with Gasteiger partial charge in [0, 0.05) is 11.8 Å². The summed E-state index contributed by atoms with van der Waals surface area (Å²) >= 11 is 5.45. The molecule has 0 unspecified atom stereocenters. The van der Waals surface area contributed by atoms with Crippen LogP contribution in [0.15, 0.2) is 48.5 Å². The average molecular weight is 481 g/mol. The number of ether oxygens (including phenoxy) is 2. The number of carbonyl (C=O) groups is 2. The maximum Gasteiger partial charge on any atom is 0.338 e. The topological polar surface area (TPSA) is 96.0 Å². The lowest BCUT2D eigenvalue weighted by Gasteiger charge is -2.42. The van der Waals surface area contributed by atoms with Crippen LogP contribution in [-0.4, -0.2) is 44.9 Å². The number of esters is 2. The van der Waals surface area contributed by atoms with Crippen LogP contribution in [0.5, 0.6) is 0 Å². The smallest absolute Gasteiger partial charge is 0.338 e. The van der Waals surface area contributed by atoms with Crippen LogP contribution in [0.3, 0.4) is 0 Å². The van der Waals surface area contributed by atoms with Crippen molar-refractivity contribution < 1.29 is 31.7 Å². The summed E-state index contributed by atoms with van der Waals surface area (Å²) in [4.78, 5) is 24.9. The molecule has 0 aromatic heterocycles. The first-order valence-corrected chi connectivity index (χ1v) is 12.3. The Morgan fingerprint density at radius 2 is 1.41 bits per heavy atom. The van der Waals surface area contributed by atoms with E-state index in [9.17, 15) is 18.0 Å². The van der Waals surface area contributed by atoms with Gasteiger partial charge in [-0.25, -0.2) is 9.59 Å². The summed E-state index contributed by atoms with van der Waals surface area (Å²) in [7, 11) is -3.90. The van der Waals surface area contributed by atoms with Crippen LogP contribution in [0, 0.1) is 25.7 Å². The zero-order valence-electron chi connectivity index (χ0n) is 17.8. The van der Waals surface area contributed by atoms with Gasteiger partial charge < -0.3 is 9.47 Å². The molecule has 3 atom stereocenters. The fraction of sp³-hybridized carbons (Fsp3) is 0.391. The standard InChI is InChI=1S/C23H25ClO7S/c1-15-7-3-5-9-18(15)22(25)29-12-17-11-21(31-32(27,28)14-24)20(17)13-30-23(26)19-10-6-4-8-16(19)2/h3-10,17,20-21H,11-14H2,1-2H3/t17-,20-,21+/m1/s1. The van der Waals surface area contributed by atoms with Crippen molar-refractivity contribution in [1.82, 2.24) is 0 Å². The van der Waals surface area contributed by atoms with Gasteiger partial charge in [-0.1, -0.05) is 36.4 Å². The summed E-state index contributed by atoms with van der Waals surface area (Å²) in [6.45, 7) is 3.60. The van der Waals surface area contributed by atoms with E-state index in [1.807, 2.05) is 25.1 Å². The molecule has 7 nitrogen and oxygen atoms in total. The Morgan fingerprint density at radius 1 is 0.906 bits per heavy atom. The van der Waals surface area contributed by atoms with Crippen molar-refractivity contribution >= 4 is 33.7 Å². The van der Waals surface area contributed by atoms with Gasteiger partial charge in [-0.3, -0.25) is 4.18 Å². The van der Waals surface area contributed by atoms with E-state index in [0.717, 1.165) is 11.1 Å². The summed E-state index contributed by atoms with van der Waals surface area (Å²) in [5.74, 6) is -1.64. The van der Waals surface area contributed by atoms with Crippen LogP contribution < -0.4 is 0 Å². The van der Waals surface area contributed by atoms with E-state index in [4.69, 9.17) is 25.3 Å². The second-order valence-corrected chi connectivity index (χ2v) is 9.97. The zero-order valence-corrected chi connectivity index (χ0v) is 19.4. The number of rotatable bonds is 9. The fourth-order valence-electron chi connectivity index (χ4n) is 3.63. The van der Waals surface area contributed by atoms with Crippen LogP contribution in [0.1, 0.15) is 38.3 Å². The molecule has 1 fully saturated rings. The molecular formula is C23H25ClO7S. The molecule has 0 spiro atoms. The van der Waals surface area contributed by atoms with Crippen molar-refractivity contribution in [2.24, 2.45) is 11.8 Å².